The Balaban J connectivity index is 1.71. The third-order valence-electron chi connectivity index (χ3n) is 3.50. The highest BCUT2D eigenvalue weighted by Gasteiger charge is 2.07. The number of anilines is 2. The first-order valence-corrected chi connectivity index (χ1v) is 9.49. The van der Waals surface area contributed by atoms with Gasteiger partial charge in [0.15, 0.2) is 5.11 Å². The van der Waals surface area contributed by atoms with Crippen LogP contribution in [0.25, 0.3) is 0 Å². The van der Waals surface area contributed by atoms with Crippen LogP contribution in [-0.2, 0) is 0 Å². The summed E-state index contributed by atoms with van der Waals surface area (Å²) in [5, 5.41) is 7.68. The zero-order valence-corrected chi connectivity index (χ0v) is 16.4. The number of rotatable bonds is 5. The topological polar surface area (TPSA) is 33.3 Å². The highest BCUT2D eigenvalue weighted by atomic mass is 35.5. The van der Waals surface area contributed by atoms with Gasteiger partial charge in [0.1, 0.15) is 5.75 Å². The second-order valence-electron chi connectivity index (χ2n) is 5.36. The van der Waals surface area contributed by atoms with Crippen LogP contribution in [0.4, 0.5) is 11.4 Å². The van der Waals surface area contributed by atoms with Crippen molar-refractivity contribution in [3.05, 3.63) is 77.8 Å². The number of para-hydroxylation sites is 1. The Morgan fingerprint density at radius 2 is 1.73 bits per heavy atom. The van der Waals surface area contributed by atoms with Gasteiger partial charge in [0.05, 0.1) is 12.8 Å². The monoisotopic (exact) mass is 400 g/mol. The number of ether oxygens (including phenoxy) is 1. The van der Waals surface area contributed by atoms with Gasteiger partial charge in [0, 0.05) is 26.6 Å². The Hall–Kier alpha value is -2.21. The van der Waals surface area contributed by atoms with Crippen LogP contribution in [0.3, 0.4) is 0 Å². The lowest BCUT2D eigenvalue weighted by Gasteiger charge is -2.14. The molecular formula is C20H17ClN2OS2. The van der Waals surface area contributed by atoms with E-state index in [2.05, 4.69) is 16.7 Å². The van der Waals surface area contributed by atoms with Crippen LogP contribution in [-0.4, -0.2) is 12.2 Å². The fourth-order valence-electron chi connectivity index (χ4n) is 2.27. The molecule has 0 aliphatic heterocycles. The van der Waals surface area contributed by atoms with Crippen LogP contribution >= 0.6 is 35.6 Å². The summed E-state index contributed by atoms with van der Waals surface area (Å²) in [6.07, 6.45) is 0. The number of benzene rings is 3. The Kier molecular flexibility index (Phi) is 6.39. The number of nitrogens with one attached hydrogen (secondary N) is 2. The van der Waals surface area contributed by atoms with E-state index in [1.54, 1.807) is 18.9 Å². The number of thiocarbonyl (C=S) groups is 1. The lowest BCUT2D eigenvalue weighted by atomic mass is 10.3. The molecule has 26 heavy (non-hydrogen) atoms. The average Bonchev–Trinajstić information content (AvgIpc) is 2.65. The molecule has 132 valence electrons. The van der Waals surface area contributed by atoms with E-state index in [-0.39, 0.29) is 0 Å². The van der Waals surface area contributed by atoms with E-state index in [9.17, 15) is 0 Å². The molecular weight excluding hydrogens is 384 g/mol. The lowest BCUT2D eigenvalue weighted by Crippen LogP contribution is -2.19. The van der Waals surface area contributed by atoms with Crippen LogP contribution in [0.5, 0.6) is 5.75 Å². The van der Waals surface area contributed by atoms with Gasteiger partial charge in [-0.2, -0.15) is 0 Å². The van der Waals surface area contributed by atoms with E-state index in [0.29, 0.717) is 5.11 Å². The summed E-state index contributed by atoms with van der Waals surface area (Å²) in [7, 11) is 1.64. The Morgan fingerprint density at radius 3 is 2.50 bits per heavy atom. The molecule has 0 heterocycles. The van der Waals surface area contributed by atoms with Crippen molar-refractivity contribution in [1.82, 2.24) is 0 Å². The van der Waals surface area contributed by atoms with Gasteiger partial charge in [-0.25, -0.2) is 0 Å². The summed E-state index contributed by atoms with van der Waals surface area (Å²) in [4.78, 5) is 2.18. The molecule has 0 aliphatic rings. The van der Waals surface area contributed by atoms with Crippen LogP contribution in [0.15, 0.2) is 82.6 Å². The summed E-state index contributed by atoms with van der Waals surface area (Å²) in [6.45, 7) is 0. The second-order valence-corrected chi connectivity index (χ2v) is 7.32. The zero-order valence-electron chi connectivity index (χ0n) is 14.0. The average molecular weight is 401 g/mol. The van der Waals surface area contributed by atoms with Crippen molar-refractivity contribution in [2.24, 2.45) is 0 Å². The van der Waals surface area contributed by atoms with Crippen LogP contribution in [0.1, 0.15) is 0 Å². The molecule has 3 aromatic carbocycles. The van der Waals surface area contributed by atoms with Crippen LogP contribution < -0.4 is 15.4 Å². The van der Waals surface area contributed by atoms with E-state index in [4.69, 9.17) is 28.6 Å². The smallest absolute Gasteiger partial charge is 0.175 e. The predicted octanol–water partition coefficient (Wildman–Crippen LogP) is 6.31. The zero-order chi connectivity index (χ0) is 18.4. The minimum absolute atomic E-state index is 0.516. The molecule has 0 aliphatic carbocycles. The van der Waals surface area contributed by atoms with Crippen molar-refractivity contribution in [3.63, 3.8) is 0 Å². The molecule has 0 bridgehead atoms. The Labute approximate surface area is 167 Å². The van der Waals surface area contributed by atoms with Crippen LogP contribution in [0.2, 0.25) is 5.02 Å². The van der Waals surface area contributed by atoms with E-state index >= 15 is 0 Å². The quantitative estimate of drug-likeness (QED) is 0.490. The molecule has 0 spiro atoms. The Bertz CT molecular complexity index is 900. The molecule has 0 radical (unpaired) electrons. The van der Waals surface area contributed by atoms with Gasteiger partial charge in [0.2, 0.25) is 0 Å². The van der Waals surface area contributed by atoms with E-state index in [1.807, 2.05) is 66.7 Å². The molecule has 3 rings (SSSR count). The third kappa shape index (κ3) is 5.14. The van der Waals surface area contributed by atoms with E-state index < -0.39 is 0 Å². The second kappa shape index (κ2) is 8.94. The molecule has 0 fully saturated rings. The number of hydrogen-bond donors (Lipinski definition) is 2. The fraction of sp³-hybridized carbons (Fsp3) is 0.0500. The van der Waals surface area contributed by atoms with Crippen molar-refractivity contribution in [1.29, 1.82) is 0 Å². The van der Waals surface area contributed by atoms with Crippen molar-refractivity contribution >= 4 is 52.1 Å². The summed E-state index contributed by atoms with van der Waals surface area (Å²) in [6, 6.07) is 23.4. The van der Waals surface area contributed by atoms with Gasteiger partial charge in [-0.05, 0) is 60.7 Å². The first-order chi connectivity index (χ1) is 12.6. The van der Waals surface area contributed by atoms with Crippen molar-refractivity contribution in [2.45, 2.75) is 9.79 Å². The minimum Gasteiger partial charge on any atom is -0.497 e. The van der Waals surface area contributed by atoms with Gasteiger partial charge in [-0.1, -0.05) is 41.6 Å². The summed E-state index contributed by atoms with van der Waals surface area (Å²) < 4.78 is 5.23. The van der Waals surface area contributed by atoms with Crippen molar-refractivity contribution in [3.8, 4) is 5.75 Å². The van der Waals surface area contributed by atoms with Gasteiger partial charge in [-0.15, -0.1) is 0 Å². The van der Waals surface area contributed by atoms with E-state index in [0.717, 1.165) is 31.9 Å². The van der Waals surface area contributed by atoms with Crippen LogP contribution in [0, 0.1) is 0 Å². The first kappa shape index (κ1) is 18.6. The molecule has 0 amide bonds. The third-order valence-corrected chi connectivity index (χ3v) is 5.04. The van der Waals surface area contributed by atoms with Gasteiger partial charge >= 0.3 is 0 Å². The molecule has 0 unspecified atom stereocenters. The maximum absolute atomic E-state index is 5.96. The molecule has 3 aromatic rings. The van der Waals surface area contributed by atoms with E-state index in [1.165, 1.54) is 0 Å². The SMILES string of the molecule is COc1cccc(NC(=S)Nc2ccccc2Sc2ccc(Cl)cc2)c1. The predicted molar refractivity (Wildman–Crippen MR) is 115 cm³/mol. The molecule has 0 aromatic heterocycles. The van der Waals surface area contributed by atoms with Gasteiger partial charge < -0.3 is 15.4 Å². The molecule has 0 saturated carbocycles. The van der Waals surface area contributed by atoms with Gasteiger partial charge in [-0.3, -0.25) is 0 Å². The molecule has 3 nitrogen and oxygen atoms in total. The lowest BCUT2D eigenvalue weighted by molar-refractivity contribution is 0.415. The molecule has 2 N–H and O–H groups in total. The largest absolute Gasteiger partial charge is 0.497 e. The summed E-state index contributed by atoms with van der Waals surface area (Å²) >= 11 is 13.1. The maximum atomic E-state index is 5.96. The highest BCUT2D eigenvalue weighted by molar-refractivity contribution is 7.99. The van der Waals surface area contributed by atoms with Crippen molar-refractivity contribution < 1.29 is 4.74 Å². The number of hydrogen-bond acceptors (Lipinski definition) is 3. The standard InChI is InChI=1S/C20H17ClN2OS2/c1-24-16-6-4-5-15(13-16)22-20(25)23-18-7-2-3-8-19(18)26-17-11-9-14(21)10-12-17/h2-13H,1H3,(H2,22,23,25). The van der Waals surface area contributed by atoms with Crippen molar-refractivity contribution in [2.75, 3.05) is 17.7 Å². The molecule has 0 saturated heterocycles. The fourth-order valence-corrected chi connectivity index (χ4v) is 3.53. The van der Waals surface area contributed by atoms with Gasteiger partial charge in [0.25, 0.3) is 0 Å². The highest BCUT2D eigenvalue weighted by Crippen LogP contribution is 2.34. The molecule has 0 atom stereocenters. The number of halogens is 1. The normalized spacial score (nSPS) is 10.2. The minimum atomic E-state index is 0.516. The summed E-state index contributed by atoms with van der Waals surface area (Å²) in [5.41, 5.74) is 1.80. The number of methoxy groups -OCH3 is 1. The first-order valence-electron chi connectivity index (χ1n) is 7.88. The summed E-state index contributed by atoms with van der Waals surface area (Å²) in [5.74, 6) is 0.775. The molecule has 6 heteroatoms. The maximum Gasteiger partial charge on any atom is 0.175 e. The Morgan fingerprint density at radius 1 is 0.962 bits per heavy atom.